The van der Waals surface area contributed by atoms with E-state index in [9.17, 15) is 9.18 Å². The maximum Gasteiger partial charge on any atom is 0.412 e. The van der Waals surface area contributed by atoms with Gasteiger partial charge in [0.2, 0.25) is 0 Å². The predicted octanol–water partition coefficient (Wildman–Crippen LogP) is 3.17. The zero-order chi connectivity index (χ0) is 12.3. The van der Waals surface area contributed by atoms with Crippen LogP contribution >= 0.6 is 0 Å². The van der Waals surface area contributed by atoms with Crippen LogP contribution in [0.25, 0.3) is 0 Å². The number of halogens is 1. The molecule has 0 spiro atoms. The molecule has 4 heteroatoms. The van der Waals surface area contributed by atoms with Crippen LogP contribution in [0.4, 0.5) is 14.9 Å². The van der Waals surface area contributed by atoms with E-state index in [1.165, 1.54) is 12.1 Å². The van der Waals surface area contributed by atoms with Gasteiger partial charge < -0.3 is 4.74 Å². The first kappa shape index (κ1) is 9.96. The van der Waals surface area contributed by atoms with E-state index in [1.807, 2.05) is 0 Å². The van der Waals surface area contributed by atoms with E-state index in [0.717, 1.165) is 6.07 Å². The number of para-hydroxylation sites is 1. The van der Waals surface area contributed by atoms with Crippen molar-refractivity contribution in [3.05, 3.63) is 30.1 Å². The minimum absolute atomic E-state index is 0.00486. The van der Waals surface area contributed by atoms with Gasteiger partial charge in [-0.05, 0) is 32.9 Å². The lowest BCUT2D eigenvalue weighted by molar-refractivity contribution is 0.0635. The first-order chi connectivity index (χ1) is 7.28. The lowest BCUT2D eigenvalue weighted by Crippen LogP contribution is -2.27. The third-order valence-electron chi connectivity index (χ3n) is 1.45. The molecule has 0 fully saturated rings. The summed E-state index contributed by atoms with van der Waals surface area (Å²) in [4.78, 5) is 11.3. The van der Waals surface area contributed by atoms with Gasteiger partial charge in [-0.2, -0.15) is 0 Å². The van der Waals surface area contributed by atoms with E-state index in [1.54, 1.807) is 20.8 Å². The first-order valence-electron chi connectivity index (χ1n) is 5.04. The Labute approximate surface area is 89.7 Å². The zero-order valence-electron chi connectivity index (χ0n) is 9.93. The summed E-state index contributed by atoms with van der Waals surface area (Å²) in [5.74, 6) is -0.654. The van der Waals surface area contributed by atoms with E-state index in [2.05, 4.69) is 5.32 Å². The van der Waals surface area contributed by atoms with Gasteiger partial charge in [-0.1, -0.05) is 12.1 Å². The Kier molecular flexibility index (Phi) is 2.85. The Balaban J connectivity index is 2.70. The standard InChI is InChI=1S/C11H14FNO2/c1-11(2,3)15-10(14)13-9-7-5-4-6-8(9)12/h4-7H,1-3H3,(H,13,14)/i4D. The van der Waals surface area contributed by atoms with Gasteiger partial charge >= 0.3 is 6.09 Å². The normalized spacial score (nSPS) is 11.9. The molecule has 0 aliphatic heterocycles. The molecule has 1 aromatic carbocycles. The smallest absolute Gasteiger partial charge is 0.412 e. The summed E-state index contributed by atoms with van der Waals surface area (Å²) < 4.78 is 25.4. The summed E-state index contributed by atoms with van der Waals surface area (Å²) in [6.45, 7) is 5.15. The molecular weight excluding hydrogens is 197 g/mol. The molecule has 0 aromatic heterocycles. The van der Waals surface area contributed by atoms with Crippen LogP contribution in [0.2, 0.25) is 0 Å². The van der Waals surface area contributed by atoms with Gasteiger partial charge in [0.15, 0.2) is 0 Å². The van der Waals surface area contributed by atoms with Crippen LogP contribution in [-0.2, 0) is 4.74 Å². The lowest BCUT2D eigenvalue weighted by Gasteiger charge is -2.19. The summed E-state index contributed by atoms with van der Waals surface area (Å²) in [5.41, 5.74) is -0.624. The fraction of sp³-hybridized carbons (Fsp3) is 0.364. The van der Waals surface area contributed by atoms with Gasteiger partial charge in [-0.25, -0.2) is 9.18 Å². The summed E-state index contributed by atoms with van der Waals surface area (Å²) >= 11 is 0. The van der Waals surface area contributed by atoms with Gasteiger partial charge in [0.05, 0.1) is 7.06 Å². The monoisotopic (exact) mass is 212 g/mol. The molecule has 0 heterocycles. The van der Waals surface area contributed by atoms with Crippen molar-refractivity contribution in [1.82, 2.24) is 0 Å². The maximum atomic E-state index is 13.3. The Morgan fingerprint density at radius 3 is 2.73 bits per heavy atom. The number of ether oxygens (including phenoxy) is 1. The molecule has 3 nitrogen and oxygen atoms in total. The molecule has 1 amide bonds. The Morgan fingerprint density at radius 1 is 1.53 bits per heavy atom. The van der Waals surface area contributed by atoms with Crippen LogP contribution < -0.4 is 5.32 Å². The molecule has 0 saturated carbocycles. The number of amides is 1. The number of hydrogen-bond donors (Lipinski definition) is 1. The topological polar surface area (TPSA) is 38.3 Å². The molecule has 1 aromatic rings. The molecule has 0 aliphatic rings. The van der Waals surface area contributed by atoms with E-state index in [4.69, 9.17) is 6.11 Å². The summed E-state index contributed by atoms with van der Waals surface area (Å²) in [6.07, 6.45) is -0.718. The molecule has 1 rings (SSSR count). The molecule has 0 bridgehead atoms. The average Bonchev–Trinajstić information content (AvgIpc) is 2.06. The molecule has 15 heavy (non-hydrogen) atoms. The number of nitrogens with one attached hydrogen (secondary N) is 1. The van der Waals surface area contributed by atoms with Crippen molar-refractivity contribution in [2.24, 2.45) is 0 Å². The molecule has 0 unspecified atom stereocenters. The quantitative estimate of drug-likeness (QED) is 0.776. The molecule has 82 valence electrons. The van der Waals surface area contributed by atoms with Crippen molar-refractivity contribution in [1.29, 1.82) is 0 Å². The maximum absolute atomic E-state index is 13.3. The second-order valence-corrected chi connectivity index (χ2v) is 4.03. The van der Waals surface area contributed by atoms with Gasteiger partial charge in [0, 0.05) is 0 Å². The Bertz CT molecular complexity index is 401. The molecule has 0 saturated heterocycles. The summed E-state index contributed by atoms with van der Waals surface area (Å²) in [5, 5.41) is 2.27. The van der Waals surface area contributed by atoms with Crippen LogP contribution in [-0.4, -0.2) is 11.7 Å². The van der Waals surface area contributed by atoms with Crippen LogP contribution in [0.15, 0.2) is 24.2 Å². The van der Waals surface area contributed by atoms with Crippen molar-refractivity contribution in [2.75, 3.05) is 5.32 Å². The van der Waals surface area contributed by atoms with Crippen LogP contribution in [0, 0.1) is 5.82 Å². The fourth-order valence-electron chi connectivity index (χ4n) is 0.925. The minimum Gasteiger partial charge on any atom is -0.444 e. The van der Waals surface area contributed by atoms with Crippen LogP contribution in [0.3, 0.4) is 0 Å². The van der Waals surface area contributed by atoms with E-state index < -0.39 is 17.5 Å². The highest BCUT2D eigenvalue weighted by Crippen LogP contribution is 2.14. The highest BCUT2D eigenvalue weighted by atomic mass is 19.1. The fourth-order valence-corrected chi connectivity index (χ4v) is 0.925. The van der Waals surface area contributed by atoms with Gasteiger partial charge in [-0.3, -0.25) is 5.32 Å². The third kappa shape index (κ3) is 3.97. The molecule has 0 atom stereocenters. The number of carbonyl (C=O) groups is 1. The second-order valence-electron chi connectivity index (χ2n) is 4.03. The molecule has 0 radical (unpaired) electrons. The minimum atomic E-state index is -0.718. The van der Waals surface area contributed by atoms with Crippen molar-refractivity contribution < 1.29 is 15.3 Å². The Hall–Kier alpha value is -1.58. The van der Waals surface area contributed by atoms with Gasteiger partial charge in [0.25, 0.3) is 0 Å². The van der Waals surface area contributed by atoms with Gasteiger partial charge in [-0.15, -0.1) is 0 Å². The number of benzene rings is 1. The number of rotatable bonds is 1. The van der Waals surface area contributed by atoms with Crippen LogP contribution in [0.5, 0.6) is 0 Å². The number of carbonyl (C=O) groups excluding carboxylic acids is 1. The molecule has 0 aliphatic carbocycles. The van der Waals surface area contributed by atoms with Crippen molar-refractivity contribution in [2.45, 2.75) is 26.4 Å². The number of hydrogen-bond acceptors (Lipinski definition) is 2. The summed E-state index contributed by atoms with van der Waals surface area (Å²) in [6, 6.07) is 3.77. The SMILES string of the molecule is [2H]c1ccc(NC(=O)OC(C)(C)C)c(F)c1. The zero-order valence-corrected chi connectivity index (χ0v) is 8.93. The number of anilines is 1. The first-order valence-corrected chi connectivity index (χ1v) is 4.54. The second kappa shape index (κ2) is 4.29. The molecule has 1 N–H and O–H groups in total. The molecular formula is C11H14FNO2. The van der Waals surface area contributed by atoms with Gasteiger partial charge in [0.1, 0.15) is 11.4 Å². The van der Waals surface area contributed by atoms with Crippen molar-refractivity contribution >= 4 is 11.8 Å². The van der Waals surface area contributed by atoms with E-state index >= 15 is 0 Å². The predicted molar refractivity (Wildman–Crippen MR) is 56.3 cm³/mol. The average molecular weight is 212 g/mol. The van der Waals surface area contributed by atoms with Crippen molar-refractivity contribution in [3.63, 3.8) is 0 Å². The Morgan fingerprint density at radius 2 is 2.20 bits per heavy atom. The lowest BCUT2D eigenvalue weighted by atomic mass is 10.2. The van der Waals surface area contributed by atoms with Crippen LogP contribution in [0.1, 0.15) is 22.1 Å². The van der Waals surface area contributed by atoms with E-state index in [0.29, 0.717) is 0 Å². The largest absolute Gasteiger partial charge is 0.444 e. The highest BCUT2D eigenvalue weighted by Gasteiger charge is 2.16. The summed E-state index contributed by atoms with van der Waals surface area (Å²) in [7, 11) is 0. The third-order valence-corrected chi connectivity index (χ3v) is 1.45. The van der Waals surface area contributed by atoms with Crippen molar-refractivity contribution in [3.8, 4) is 0 Å². The van der Waals surface area contributed by atoms with E-state index in [-0.39, 0.29) is 11.7 Å². The highest BCUT2D eigenvalue weighted by molar-refractivity contribution is 5.84.